The van der Waals surface area contributed by atoms with Gasteiger partial charge in [0, 0.05) is 28.8 Å². The smallest absolute Gasteiger partial charge is 0.0782 e. The first-order valence-electron chi connectivity index (χ1n) is 7.34. The van der Waals surface area contributed by atoms with Gasteiger partial charge in [-0.2, -0.15) is 0 Å². The maximum Gasteiger partial charge on any atom is 0.0782 e. The zero-order valence-electron chi connectivity index (χ0n) is 11.9. The molecule has 0 saturated carbocycles. The van der Waals surface area contributed by atoms with Crippen molar-refractivity contribution in [1.82, 2.24) is 0 Å². The molecule has 1 fully saturated rings. The van der Waals surface area contributed by atoms with Crippen LogP contribution in [0.25, 0.3) is 0 Å². The Balaban J connectivity index is 2.22. The van der Waals surface area contributed by atoms with Crippen molar-refractivity contribution in [2.75, 3.05) is 18.0 Å². The predicted octanol–water partition coefficient (Wildman–Crippen LogP) is 4.52. The van der Waals surface area contributed by atoms with Crippen LogP contribution in [0, 0.1) is 5.92 Å². The normalized spacial score (nSPS) is 22.1. The van der Waals surface area contributed by atoms with E-state index in [0.29, 0.717) is 0 Å². The van der Waals surface area contributed by atoms with E-state index in [9.17, 15) is 5.11 Å². The number of aliphatic hydroxyl groups excluding tert-OH is 1. The minimum atomic E-state index is -0.409. The van der Waals surface area contributed by atoms with Gasteiger partial charge in [-0.05, 0) is 44.2 Å². The SMILES string of the molecule is CCC1CCCN(c2cc(Br)ccc2C(C)O)CC1. The van der Waals surface area contributed by atoms with E-state index in [0.717, 1.165) is 29.0 Å². The first kappa shape index (κ1) is 14.9. The van der Waals surface area contributed by atoms with Gasteiger partial charge in [0.25, 0.3) is 0 Å². The molecule has 2 atom stereocenters. The molecule has 0 amide bonds. The van der Waals surface area contributed by atoms with Crippen molar-refractivity contribution in [2.24, 2.45) is 5.92 Å². The Bertz CT molecular complexity index is 419. The van der Waals surface area contributed by atoms with Gasteiger partial charge in [0.05, 0.1) is 6.10 Å². The van der Waals surface area contributed by atoms with E-state index in [-0.39, 0.29) is 0 Å². The second kappa shape index (κ2) is 6.76. The average molecular weight is 326 g/mol. The molecule has 1 aromatic carbocycles. The number of benzene rings is 1. The minimum Gasteiger partial charge on any atom is -0.389 e. The third kappa shape index (κ3) is 3.73. The van der Waals surface area contributed by atoms with Crippen molar-refractivity contribution in [3.63, 3.8) is 0 Å². The second-order valence-electron chi connectivity index (χ2n) is 5.57. The van der Waals surface area contributed by atoms with Crippen LogP contribution in [0.3, 0.4) is 0 Å². The number of halogens is 1. The lowest BCUT2D eigenvalue weighted by molar-refractivity contribution is 0.199. The highest BCUT2D eigenvalue weighted by atomic mass is 79.9. The molecule has 2 rings (SSSR count). The number of aliphatic hydroxyl groups is 1. The largest absolute Gasteiger partial charge is 0.389 e. The Morgan fingerprint density at radius 3 is 2.84 bits per heavy atom. The van der Waals surface area contributed by atoms with Crippen molar-refractivity contribution in [3.05, 3.63) is 28.2 Å². The number of rotatable bonds is 3. The molecule has 1 aliphatic heterocycles. The maximum absolute atomic E-state index is 9.95. The van der Waals surface area contributed by atoms with Gasteiger partial charge in [-0.1, -0.05) is 35.3 Å². The van der Waals surface area contributed by atoms with Crippen LogP contribution in [-0.4, -0.2) is 18.2 Å². The lowest BCUT2D eigenvalue weighted by atomic mass is 9.98. The third-order valence-corrected chi connectivity index (χ3v) is 4.70. The minimum absolute atomic E-state index is 0.409. The predicted molar refractivity (Wildman–Crippen MR) is 84.6 cm³/mol. The van der Waals surface area contributed by atoms with Crippen molar-refractivity contribution >= 4 is 21.6 Å². The van der Waals surface area contributed by atoms with Gasteiger partial charge >= 0.3 is 0 Å². The zero-order chi connectivity index (χ0) is 13.8. The fraction of sp³-hybridized carbons (Fsp3) is 0.625. The highest BCUT2D eigenvalue weighted by molar-refractivity contribution is 9.10. The van der Waals surface area contributed by atoms with Gasteiger partial charge in [-0.15, -0.1) is 0 Å². The van der Waals surface area contributed by atoms with E-state index in [1.165, 1.54) is 31.4 Å². The molecule has 2 nitrogen and oxygen atoms in total. The Kier molecular flexibility index (Phi) is 5.28. The van der Waals surface area contributed by atoms with Crippen molar-refractivity contribution in [3.8, 4) is 0 Å². The summed E-state index contributed by atoms with van der Waals surface area (Å²) < 4.78 is 1.09. The van der Waals surface area contributed by atoms with Crippen LogP contribution in [0.2, 0.25) is 0 Å². The van der Waals surface area contributed by atoms with Crippen molar-refractivity contribution in [2.45, 2.75) is 45.6 Å². The third-order valence-electron chi connectivity index (χ3n) is 4.21. The van der Waals surface area contributed by atoms with Gasteiger partial charge in [0.15, 0.2) is 0 Å². The molecule has 2 unspecified atom stereocenters. The number of hydrogen-bond acceptors (Lipinski definition) is 2. The summed E-state index contributed by atoms with van der Waals surface area (Å²) in [5.41, 5.74) is 2.24. The number of anilines is 1. The fourth-order valence-electron chi connectivity index (χ4n) is 2.96. The second-order valence-corrected chi connectivity index (χ2v) is 6.49. The molecule has 0 bridgehead atoms. The van der Waals surface area contributed by atoms with Crippen LogP contribution in [0.15, 0.2) is 22.7 Å². The molecule has 3 heteroatoms. The quantitative estimate of drug-likeness (QED) is 0.883. The summed E-state index contributed by atoms with van der Waals surface area (Å²) in [6.45, 7) is 6.35. The first-order chi connectivity index (χ1) is 9.11. The molecular weight excluding hydrogens is 302 g/mol. The van der Waals surface area contributed by atoms with Crippen molar-refractivity contribution in [1.29, 1.82) is 0 Å². The van der Waals surface area contributed by atoms with E-state index >= 15 is 0 Å². The van der Waals surface area contributed by atoms with E-state index in [1.807, 2.05) is 19.1 Å². The summed E-state index contributed by atoms with van der Waals surface area (Å²) in [6, 6.07) is 6.19. The summed E-state index contributed by atoms with van der Waals surface area (Å²) in [5.74, 6) is 0.868. The van der Waals surface area contributed by atoms with Gasteiger partial charge in [-0.3, -0.25) is 0 Å². The van der Waals surface area contributed by atoms with Gasteiger partial charge < -0.3 is 10.0 Å². The van der Waals surface area contributed by atoms with E-state index in [4.69, 9.17) is 0 Å². The highest BCUT2D eigenvalue weighted by Crippen LogP contribution is 2.32. The molecule has 0 spiro atoms. The summed E-state index contributed by atoms with van der Waals surface area (Å²) in [7, 11) is 0. The fourth-order valence-corrected chi connectivity index (χ4v) is 3.31. The molecule has 0 aromatic heterocycles. The summed E-state index contributed by atoms with van der Waals surface area (Å²) in [4.78, 5) is 2.45. The molecule has 19 heavy (non-hydrogen) atoms. The Hall–Kier alpha value is -0.540. The molecule has 1 aliphatic rings. The molecule has 0 aliphatic carbocycles. The standard InChI is InChI=1S/C16H24BrNO/c1-3-13-5-4-9-18(10-8-13)16-11-14(17)6-7-15(16)12(2)19/h6-7,11-13,19H,3-5,8-10H2,1-2H3. The molecule has 1 aromatic rings. The summed E-state index contributed by atoms with van der Waals surface area (Å²) in [6.07, 6.45) is 4.74. The Morgan fingerprint density at radius 2 is 2.16 bits per heavy atom. The highest BCUT2D eigenvalue weighted by Gasteiger charge is 2.19. The number of nitrogens with zero attached hydrogens (tertiary/aromatic N) is 1. The lowest BCUT2D eigenvalue weighted by Gasteiger charge is -2.27. The Morgan fingerprint density at radius 1 is 1.37 bits per heavy atom. The molecular formula is C16H24BrNO. The average Bonchev–Trinajstić information content (AvgIpc) is 2.63. The van der Waals surface area contributed by atoms with E-state index in [1.54, 1.807) is 0 Å². The van der Waals surface area contributed by atoms with Crippen LogP contribution in [0.5, 0.6) is 0 Å². The summed E-state index contributed by atoms with van der Waals surface area (Å²) in [5, 5.41) is 9.95. The monoisotopic (exact) mass is 325 g/mol. The maximum atomic E-state index is 9.95. The van der Waals surface area contributed by atoms with Crippen LogP contribution in [0.4, 0.5) is 5.69 Å². The van der Waals surface area contributed by atoms with Gasteiger partial charge in [-0.25, -0.2) is 0 Å². The Labute approximate surface area is 124 Å². The summed E-state index contributed by atoms with van der Waals surface area (Å²) >= 11 is 3.55. The molecule has 1 heterocycles. The van der Waals surface area contributed by atoms with Gasteiger partial charge in [0.2, 0.25) is 0 Å². The number of hydrogen-bond donors (Lipinski definition) is 1. The van der Waals surface area contributed by atoms with Crippen molar-refractivity contribution < 1.29 is 5.11 Å². The topological polar surface area (TPSA) is 23.5 Å². The van der Waals surface area contributed by atoms with E-state index < -0.39 is 6.10 Å². The van der Waals surface area contributed by atoms with Crippen LogP contribution >= 0.6 is 15.9 Å². The van der Waals surface area contributed by atoms with Crippen LogP contribution in [0.1, 0.15) is 51.2 Å². The first-order valence-corrected chi connectivity index (χ1v) is 8.13. The molecule has 106 valence electrons. The lowest BCUT2D eigenvalue weighted by Crippen LogP contribution is -2.25. The molecule has 1 N–H and O–H groups in total. The molecule has 1 saturated heterocycles. The molecule has 0 radical (unpaired) electrons. The zero-order valence-corrected chi connectivity index (χ0v) is 13.5. The van der Waals surface area contributed by atoms with Gasteiger partial charge in [0.1, 0.15) is 0 Å². The van der Waals surface area contributed by atoms with E-state index in [2.05, 4.69) is 33.8 Å². The van der Waals surface area contributed by atoms with Crippen LogP contribution < -0.4 is 4.90 Å². The van der Waals surface area contributed by atoms with Crippen LogP contribution in [-0.2, 0) is 0 Å².